The zero-order valence-corrected chi connectivity index (χ0v) is 12.9. The Balaban J connectivity index is 1.81. The van der Waals surface area contributed by atoms with E-state index in [9.17, 15) is 9.90 Å². The Labute approximate surface area is 126 Å². The Morgan fingerprint density at radius 1 is 1.38 bits per heavy atom. The van der Waals surface area contributed by atoms with E-state index in [1.165, 1.54) is 5.56 Å². The van der Waals surface area contributed by atoms with Crippen LogP contribution in [0.2, 0.25) is 0 Å². The molecule has 1 unspecified atom stereocenters. The molecule has 1 saturated carbocycles. The number of aryl methyl sites for hydroxylation is 1. The summed E-state index contributed by atoms with van der Waals surface area (Å²) in [5, 5.41) is 12.8. The number of nitrogens with one attached hydrogen (secondary N) is 1. The summed E-state index contributed by atoms with van der Waals surface area (Å²) in [6.45, 7) is 4.52. The minimum absolute atomic E-state index is 0.388. The van der Waals surface area contributed by atoms with Crippen molar-refractivity contribution in [3.8, 4) is 5.75 Å². The molecular weight excluding hydrogens is 266 g/mol. The molecule has 1 atom stereocenters. The van der Waals surface area contributed by atoms with Crippen molar-refractivity contribution in [3.63, 3.8) is 0 Å². The van der Waals surface area contributed by atoms with E-state index in [1.807, 2.05) is 38.1 Å². The molecule has 1 aliphatic carbocycles. The summed E-state index contributed by atoms with van der Waals surface area (Å²) in [5.74, 6) is 0.0976. The summed E-state index contributed by atoms with van der Waals surface area (Å²) in [5.41, 5.74) is 0.407. The number of carboxylic acid groups (broad SMARTS) is 1. The molecule has 4 nitrogen and oxygen atoms in total. The third-order valence-electron chi connectivity index (χ3n) is 4.11. The van der Waals surface area contributed by atoms with Crippen molar-refractivity contribution in [1.29, 1.82) is 0 Å². The van der Waals surface area contributed by atoms with Crippen LogP contribution in [0.1, 0.15) is 44.6 Å². The fourth-order valence-corrected chi connectivity index (χ4v) is 2.49. The van der Waals surface area contributed by atoms with Gasteiger partial charge in [0, 0.05) is 6.04 Å². The van der Waals surface area contributed by atoms with E-state index in [0.29, 0.717) is 25.5 Å². The van der Waals surface area contributed by atoms with Crippen LogP contribution in [0.25, 0.3) is 0 Å². The van der Waals surface area contributed by atoms with Crippen molar-refractivity contribution in [2.75, 3.05) is 6.61 Å². The third kappa shape index (κ3) is 4.46. The van der Waals surface area contributed by atoms with Crippen molar-refractivity contribution >= 4 is 5.97 Å². The molecule has 0 heterocycles. The number of hydrogen-bond donors (Lipinski definition) is 2. The molecule has 1 aromatic rings. The highest BCUT2D eigenvalue weighted by Gasteiger charge is 2.40. The smallest absolute Gasteiger partial charge is 0.323 e. The average molecular weight is 291 g/mol. The maximum atomic E-state index is 11.6. The Kier molecular flexibility index (Phi) is 5.23. The van der Waals surface area contributed by atoms with Crippen LogP contribution in [0.3, 0.4) is 0 Å². The van der Waals surface area contributed by atoms with E-state index in [4.69, 9.17) is 4.74 Å². The fraction of sp³-hybridized carbons (Fsp3) is 0.588. The number of benzene rings is 1. The number of rotatable bonds is 9. The molecule has 0 radical (unpaired) electrons. The quantitative estimate of drug-likeness (QED) is 0.686. The Bertz CT molecular complexity index is 467. The van der Waals surface area contributed by atoms with Crippen molar-refractivity contribution < 1.29 is 14.6 Å². The van der Waals surface area contributed by atoms with E-state index in [0.717, 1.165) is 25.0 Å². The normalized spacial score (nSPS) is 17.2. The van der Waals surface area contributed by atoms with Gasteiger partial charge >= 0.3 is 5.97 Å². The predicted molar refractivity (Wildman–Crippen MR) is 82.7 cm³/mol. The highest BCUT2D eigenvalue weighted by molar-refractivity contribution is 5.78. The number of hydrogen-bond acceptors (Lipinski definition) is 3. The summed E-state index contributed by atoms with van der Waals surface area (Å²) < 4.78 is 5.68. The lowest BCUT2D eigenvalue weighted by Gasteiger charge is -2.29. The topological polar surface area (TPSA) is 58.6 Å². The van der Waals surface area contributed by atoms with E-state index in [1.54, 1.807) is 0 Å². The molecule has 116 valence electrons. The lowest BCUT2D eigenvalue weighted by molar-refractivity contribution is -0.145. The molecule has 0 aromatic heterocycles. The van der Waals surface area contributed by atoms with Crippen molar-refractivity contribution in [2.24, 2.45) is 0 Å². The second kappa shape index (κ2) is 6.94. The summed E-state index contributed by atoms with van der Waals surface area (Å²) in [4.78, 5) is 11.6. The van der Waals surface area contributed by atoms with Crippen LogP contribution < -0.4 is 10.1 Å². The molecule has 1 fully saturated rings. The monoisotopic (exact) mass is 291 g/mol. The average Bonchev–Trinajstić information content (AvgIpc) is 3.27. The molecule has 1 aliphatic rings. The van der Waals surface area contributed by atoms with Gasteiger partial charge in [0.2, 0.25) is 0 Å². The van der Waals surface area contributed by atoms with Gasteiger partial charge in [0.25, 0.3) is 0 Å². The van der Waals surface area contributed by atoms with Crippen LogP contribution >= 0.6 is 0 Å². The van der Waals surface area contributed by atoms with Gasteiger partial charge in [-0.25, -0.2) is 0 Å². The molecule has 0 spiro atoms. The van der Waals surface area contributed by atoms with Gasteiger partial charge in [-0.05, 0) is 51.2 Å². The molecular formula is C17H25NO3. The molecule has 4 heteroatoms. The molecule has 0 bridgehead atoms. The maximum Gasteiger partial charge on any atom is 0.323 e. The van der Waals surface area contributed by atoms with Crippen LogP contribution in [0.4, 0.5) is 0 Å². The second-order valence-corrected chi connectivity index (χ2v) is 5.92. The third-order valence-corrected chi connectivity index (χ3v) is 4.11. The first-order valence-corrected chi connectivity index (χ1v) is 7.76. The summed E-state index contributed by atoms with van der Waals surface area (Å²) in [7, 11) is 0. The number of carboxylic acids is 1. The standard InChI is InChI=1S/C17H25NO3/c1-3-17(16(19)20,18-14-7-8-14)11-4-12-21-15-9-5-13(2)6-10-15/h5-6,9-10,14,18H,3-4,7-8,11-12H2,1-2H3,(H,19,20). The van der Waals surface area contributed by atoms with Gasteiger partial charge in [-0.15, -0.1) is 0 Å². The molecule has 0 aliphatic heterocycles. The zero-order valence-electron chi connectivity index (χ0n) is 12.9. The molecule has 21 heavy (non-hydrogen) atoms. The second-order valence-electron chi connectivity index (χ2n) is 5.92. The number of ether oxygens (including phenoxy) is 1. The van der Waals surface area contributed by atoms with Gasteiger partial charge in [0.1, 0.15) is 11.3 Å². The first-order chi connectivity index (χ1) is 10.1. The summed E-state index contributed by atoms with van der Waals surface area (Å²) >= 11 is 0. The molecule has 0 saturated heterocycles. The van der Waals surface area contributed by atoms with Crippen LogP contribution in [0, 0.1) is 6.92 Å². The molecule has 0 amide bonds. The first kappa shape index (κ1) is 15.8. The number of carbonyl (C=O) groups is 1. The highest BCUT2D eigenvalue weighted by atomic mass is 16.5. The predicted octanol–water partition coefficient (Wildman–Crippen LogP) is 3.14. The Morgan fingerprint density at radius 3 is 2.57 bits per heavy atom. The summed E-state index contributed by atoms with van der Waals surface area (Å²) in [6, 6.07) is 8.30. The van der Waals surface area contributed by atoms with Gasteiger partial charge in [0.05, 0.1) is 6.61 Å². The zero-order chi connectivity index (χ0) is 15.3. The van der Waals surface area contributed by atoms with Crippen molar-refractivity contribution in [3.05, 3.63) is 29.8 Å². The van der Waals surface area contributed by atoms with Crippen LogP contribution in [0.5, 0.6) is 5.75 Å². The van der Waals surface area contributed by atoms with E-state index >= 15 is 0 Å². The van der Waals surface area contributed by atoms with E-state index in [-0.39, 0.29) is 0 Å². The maximum absolute atomic E-state index is 11.6. The van der Waals surface area contributed by atoms with Crippen molar-refractivity contribution in [1.82, 2.24) is 5.32 Å². The van der Waals surface area contributed by atoms with Gasteiger partial charge in [-0.3, -0.25) is 10.1 Å². The highest BCUT2D eigenvalue weighted by Crippen LogP contribution is 2.27. The number of aliphatic carboxylic acids is 1. The van der Waals surface area contributed by atoms with E-state index < -0.39 is 11.5 Å². The van der Waals surface area contributed by atoms with Crippen LogP contribution in [0.15, 0.2) is 24.3 Å². The molecule has 2 N–H and O–H groups in total. The lowest BCUT2D eigenvalue weighted by atomic mass is 9.90. The lowest BCUT2D eigenvalue weighted by Crippen LogP contribution is -2.52. The van der Waals surface area contributed by atoms with Gasteiger partial charge in [-0.2, -0.15) is 0 Å². The molecule has 2 rings (SSSR count). The fourth-order valence-electron chi connectivity index (χ4n) is 2.49. The Morgan fingerprint density at radius 2 is 2.05 bits per heavy atom. The van der Waals surface area contributed by atoms with Crippen LogP contribution in [-0.2, 0) is 4.79 Å². The van der Waals surface area contributed by atoms with Gasteiger partial charge in [0.15, 0.2) is 0 Å². The minimum Gasteiger partial charge on any atom is -0.494 e. The summed E-state index contributed by atoms with van der Waals surface area (Å²) in [6.07, 6.45) is 4.11. The minimum atomic E-state index is -0.794. The van der Waals surface area contributed by atoms with Gasteiger partial charge < -0.3 is 9.84 Å². The van der Waals surface area contributed by atoms with Crippen LogP contribution in [-0.4, -0.2) is 29.3 Å². The van der Waals surface area contributed by atoms with E-state index in [2.05, 4.69) is 5.32 Å². The first-order valence-electron chi connectivity index (χ1n) is 7.76. The largest absolute Gasteiger partial charge is 0.494 e. The van der Waals surface area contributed by atoms with Gasteiger partial charge in [-0.1, -0.05) is 24.6 Å². The Hall–Kier alpha value is -1.55. The SMILES string of the molecule is CCC(CCCOc1ccc(C)cc1)(NC1CC1)C(=O)O. The van der Waals surface area contributed by atoms with Crippen molar-refractivity contribution in [2.45, 2.75) is 57.5 Å². The molecule has 1 aromatic carbocycles.